The molecule has 3 aromatic rings. The van der Waals surface area contributed by atoms with Gasteiger partial charge >= 0.3 is 0 Å². The molecule has 1 heterocycles. The zero-order chi connectivity index (χ0) is 26.0. The molecule has 0 aliphatic carbocycles. The van der Waals surface area contributed by atoms with Gasteiger partial charge in [0.2, 0.25) is 5.82 Å². The van der Waals surface area contributed by atoms with Crippen LogP contribution in [0, 0.1) is 29.1 Å². The Balaban J connectivity index is 2.25. The Bertz CT molecular complexity index is 1360. The van der Waals surface area contributed by atoms with E-state index < -0.39 is 63.6 Å². The number of benzene rings is 2. The molecule has 0 aliphatic rings. The summed E-state index contributed by atoms with van der Waals surface area (Å²) in [4.78, 5) is 16.4. The summed E-state index contributed by atoms with van der Waals surface area (Å²) in [6.07, 6.45) is 0.727. The molecule has 186 valence electrons. The van der Waals surface area contributed by atoms with Crippen LogP contribution in [-0.4, -0.2) is 34.7 Å². The third-order valence-electron chi connectivity index (χ3n) is 5.53. The largest absolute Gasteiger partial charge is 0.507 e. The van der Waals surface area contributed by atoms with Crippen LogP contribution in [0.3, 0.4) is 0 Å². The summed E-state index contributed by atoms with van der Waals surface area (Å²) in [6.45, 7) is 5.22. The fraction of sp³-hybridized carbons (Fsp3) is 0.250. The smallest absolute Gasteiger partial charge is 0.200 e. The molecule has 11 heteroatoms. The minimum atomic E-state index is -2.32. The molecule has 0 fully saturated rings. The Morgan fingerprint density at radius 3 is 2.17 bits per heavy atom. The number of nitrogens with zero attached hydrogens (tertiary/aromatic N) is 1. The van der Waals surface area contributed by atoms with Crippen molar-refractivity contribution in [3.63, 3.8) is 0 Å². The average molecular weight is 497 g/mol. The van der Waals surface area contributed by atoms with Crippen LogP contribution in [0.4, 0.5) is 22.0 Å². The maximum absolute atomic E-state index is 14.0. The maximum atomic E-state index is 14.0. The van der Waals surface area contributed by atoms with E-state index in [9.17, 15) is 42.1 Å². The second kappa shape index (κ2) is 10.3. The quantitative estimate of drug-likeness (QED) is 0.176. The monoisotopic (exact) mass is 497 g/mol. The molecule has 0 bridgehead atoms. The first-order valence-corrected chi connectivity index (χ1v) is 10.4. The van der Waals surface area contributed by atoms with Crippen molar-refractivity contribution in [2.45, 2.75) is 31.8 Å². The highest BCUT2D eigenvalue weighted by molar-refractivity contribution is 5.89. The minimum absolute atomic E-state index is 0.0283. The van der Waals surface area contributed by atoms with Crippen LogP contribution in [0.25, 0.3) is 23.1 Å². The minimum Gasteiger partial charge on any atom is -0.507 e. The van der Waals surface area contributed by atoms with Crippen molar-refractivity contribution in [1.82, 2.24) is 0 Å². The zero-order valence-corrected chi connectivity index (χ0v) is 18.3. The van der Waals surface area contributed by atoms with E-state index >= 15 is 0 Å². The Labute approximate surface area is 195 Å². The molecule has 3 N–H and O–H groups in total. The molecule has 1 aromatic heterocycles. The second-order valence-electron chi connectivity index (χ2n) is 7.68. The average Bonchev–Trinajstić information content (AvgIpc) is 2.82. The van der Waals surface area contributed by atoms with Crippen LogP contribution in [0.5, 0.6) is 11.5 Å². The van der Waals surface area contributed by atoms with Crippen LogP contribution in [-0.2, 0) is 0 Å². The summed E-state index contributed by atoms with van der Waals surface area (Å²) >= 11 is 0. The third-order valence-corrected chi connectivity index (χ3v) is 5.53. The summed E-state index contributed by atoms with van der Waals surface area (Å²) in [5.74, 6) is -13.1. The number of aromatic hydroxyl groups is 2. The topological polar surface area (TPSA) is 103 Å². The molecule has 2 unspecified atom stereocenters. The standard InChI is InChI=1S/C24H20F5NO5/c1-3-13(31)11(6-7-30-2)17-15(33)9-16(34)18-14(32)8-10(35-24(17)18)4-5-12-19(25)21(27)23(29)22(28)20(12)26/h4-5,8-9,11,13,31,33-34H,2-3,6-7H2,1H3/b5-4+. The summed E-state index contributed by atoms with van der Waals surface area (Å²) < 4.78 is 73.8. The van der Waals surface area contributed by atoms with Crippen LogP contribution in [0.1, 0.15) is 42.6 Å². The number of phenolic OH excluding ortho intramolecular Hbond substituents is 2. The predicted molar refractivity (Wildman–Crippen MR) is 119 cm³/mol. The van der Waals surface area contributed by atoms with Gasteiger partial charge in [-0.1, -0.05) is 6.92 Å². The van der Waals surface area contributed by atoms with Gasteiger partial charge in [0.1, 0.15) is 28.2 Å². The maximum Gasteiger partial charge on any atom is 0.200 e. The third kappa shape index (κ3) is 4.76. The van der Waals surface area contributed by atoms with Crippen molar-refractivity contribution >= 4 is 29.8 Å². The van der Waals surface area contributed by atoms with Gasteiger partial charge in [-0.25, -0.2) is 22.0 Å². The Hall–Kier alpha value is -3.73. The SMILES string of the molecule is C=NCCC(c1c(O)cc(O)c2c(=O)cc(/C=C/c3c(F)c(F)c(F)c(F)c3F)oc12)C(O)CC. The van der Waals surface area contributed by atoms with Crippen LogP contribution in [0.2, 0.25) is 0 Å². The molecule has 0 spiro atoms. The number of phenols is 2. The van der Waals surface area contributed by atoms with E-state index in [-0.39, 0.29) is 41.7 Å². The molecular formula is C24H20F5NO5. The number of aliphatic imine (C=N–C) groups is 1. The van der Waals surface area contributed by atoms with Gasteiger partial charge in [0.25, 0.3) is 0 Å². The van der Waals surface area contributed by atoms with E-state index in [2.05, 4.69) is 11.7 Å². The van der Waals surface area contributed by atoms with Crippen molar-refractivity contribution in [3.05, 3.63) is 68.3 Å². The first kappa shape index (κ1) is 25.9. The van der Waals surface area contributed by atoms with Gasteiger partial charge in [-0.2, -0.15) is 0 Å². The van der Waals surface area contributed by atoms with Gasteiger partial charge in [-0.15, -0.1) is 0 Å². The Morgan fingerprint density at radius 1 is 1.00 bits per heavy atom. The molecule has 35 heavy (non-hydrogen) atoms. The molecule has 6 nitrogen and oxygen atoms in total. The highest BCUT2D eigenvalue weighted by atomic mass is 19.2. The van der Waals surface area contributed by atoms with Gasteiger partial charge < -0.3 is 24.7 Å². The van der Waals surface area contributed by atoms with Crippen LogP contribution < -0.4 is 5.43 Å². The summed E-state index contributed by atoms with van der Waals surface area (Å²) in [5.41, 5.74) is -2.44. The lowest BCUT2D eigenvalue weighted by molar-refractivity contribution is 0.134. The molecular weight excluding hydrogens is 477 g/mol. The van der Waals surface area contributed by atoms with Crippen molar-refractivity contribution in [1.29, 1.82) is 0 Å². The predicted octanol–water partition coefficient (Wildman–Crippen LogP) is 5.02. The van der Waals surface area contributed by atoms with Crippen LogP contribution in [0.15, 0.2) is 26.3 Å². The van der Waals surface area contributed by atoms with E-state index in [1.807, 2.05) is 0 Å². The van der Waals surface area contributed by atoms with E-state index in [0.29, 0.717) is 6.08 Å². The first-order chi connectivity index (χ1) is 16.5. The highest BCUT2D eigenvalue weighted by Gasteiger charge is 2.29. The molecule has 3 rings (SSSR count). The van der Waals surface area contributed by atoms with E-state index in [1.54, 1.807) is 6.92 Å². The van der Waals surface area contributed by atoms with Crippen molar-refractivity contribution < 1.29 is 41.7 Å². The van der Waals surface area contributed by atoms with E-state index in [1.165, 1.54) is 0 Å². The lowest BCUT2D eigenvalue weighted by Gasteiger charge is -2.23. The fourth-order valence-electron chi connectivity index (χ4n) is 3.76. The van der Waals surface area contributed by atoms with E-state index in [0.717, 1.165) is 18.2 Å². The molecule has 0 amide bonds. The Morgan fingerprint density at radius 2 is 1.60 bits per heavy atom. The number of rotatable bonds is 8. The first-order valence-electron chi connectivity index (χ1n) is 10.4. The number of hydrogen-bond acceptors (Lipinski definition) is 6. The van der Waals surface area contributed by atoms with Crippen molar-refractivity contribution in [2.75, 3.05) is 6.54 Å². The number of halogens is 5. The second-order valence-corrected chi connectivity index (χ2v) is 7.68. The molecule has 0 radical (unpaired) electrons. The van der Waals surface area contributed by atoms with Gasteiger partial charge in [0.15, 0.2) is 28.7 Å². The molecule has 0 saturated carbocycles. The number of aliphatic hydroxyl groups excluding tert-OH is 1. The van der Waals surface area contributed by atoms with Gasteiger partial charge in [-0.05, 0) is 31.7 Å². The summed E-state index contributed by atoms with van der Waals surface area (Å²) in [7, 11) is 0. The lowest BCUT2D eigenvalue weighted by Crippen LogP contribution is -2.19. The number of hydrogen-bond donors (Lipinski definition) is 3. The zero-order valence-electron chi connectivity index (χ0n) is 18.3. The lowest BCUT2D eigenvalue weighted by atomic mass is 9.87. The highest BCUT2D eigenvalue weighted by Crippen LogP contribution is 2.41. The van der Waals surface area contributed by atoms with Crippen molar-refractivity contribution in [3.8, 4) is 11.5 Å². The van der Waals surface area contributed by atoms with Gasteiger partial charge in [0.05, 0.1) is 11.7 Å². The summed E-state index contributed by atoms with van der Waals surface area (Å²) in [5, 5.41) is 30.9. The molecule has 2 atom stereocenters. The van der Waals surface area contributed by atoms with Crippen molar-refractivity contribution in [2.24, 2.45) is 4.99 Å². The fourth-order valence-corrected chi connectivity index (χ4v) is 3.76. The molecule has 2 aromatic carbocycles. The number of aliphatic hydroxyl groups is 1. The Kier molecular flexibility index (Phi) is 7.59. The van der Waals surface area contributed by atoms with Gasteiger partial charge in [0, 0.05) is 30.2 Å². The molecule has 0 aliphatic heterocycles. The summed E-state index contributed by atoms with van der Waals surface area (Å²) in [6, 6.07) is 1.73. The number of fused-ring (bicyclic) bond motifs is 1. The normalized spacial score (nSPS) is 13.5. The van der Waals surface area contributed by atoms with Crippen LogP contribution >= 0.6 is 0 Å². The van der Waals surface area contributed by atoms with Gasteiger partial charge in [-0.3, -0.25) is 4.79 Å². The molecule has 0 saturated heterocycles. The van der Waals surface area contributed by atoms with E-state index in [4.69, 9.17) is 4.42 Å².